The van der Waals surface area contributed by atoms with Crippen molar-refractivity contribution in [3.8, 4) is 17.6 Å². The molecule has 0 saturated heterocycles. The van der Waals surface area contributed by atoms with Crippen molar-refractivity contribution in [2.45, 2.75) is 32.9 Å². The third kappa shape index (κ3) is 6.51. The summed E-state index contributed by atoms with van der Waals surface area (Å²) in [5, 5.41) is 13.5. The lowest BCUT2D eigenvalue weighted by Gasteiger charge is -2.19. The van der Waals surface area contributed by atoms with Crippen molar-refractivity contribution in [1.29, 1.82) is 5.26 Å². The fraction of sp³-hybridized carbons (Fsp3) is 0.500. The van der Waals surface area contributed by atoms with Crippen LogP contribution >= 0.6 is 0 Å². The molecule has 8 heteroatoms. The van der Waals surface area contributed by atoms with Gasteiger partial charge in [-0.05, 0) is 18.4 Å². The number of nitrogens with one attached hydrogen (secondary N) is 2. The van der Waals surface area contributed by atoms with Gasteiger partial charge < -0.3 is 24.8 Å². The molecule has 2 amide bonds. The Morgan fingerprint density at radius 3 is 2.54 bits per heavy atom. The number of hydrogen-bond donors (Lipinski definition) is 2. The predicted molar refractivity (Wildman–Crippen MR) is 94.7 cm³/mol. The van der Waals surface area contributed by atoms with Crippen LogP contribution in [-0.4, -0.2) is 38.8 Å². The Hall–Kier alpha value is -2.95. The van der Waals surface area contributed by atoms with E-state index >= 15 is 0 Å². The zero-order chi connectivity index (χ0) is 19.5. The van der Waals surface area contributed by atoms with Crippen LogP contribution in [0.1, 0.15) is 25.8 Å². The molecule has 0 fully saturated rings. The van der Waals surface area contributed by atoms with Crippen molar-refractivity contribution in [3.63, 3.8) is 0 Å². The molecular formula is C18H25N3O5. The first-order valence-electron chi connectivity index (χ1n) is 8.20. The van der Waals surface area contributed by atoms with Crippen LogP contribution in [0.3, 0.4) is 0 Å². The van der Waals surface area contributed by atoms with Gasteiger partial charge in [0, 0.05) is 5.56 Å². The molecule has 0 bridgehead atoms. The minimum absolute atomic E-state index is 0.0413. The third-order valence-electron chi connectivity index (χ3n) is 3.50. The number of rotatable bonds is 9. The largest absolute Gasteiger partial charge is 0.493 e. The lowest BCUT2D eigenvalue weighted by molar-refractivity contribution is -0.123. The topological polar surface area (TPSA) is 110 Å². The zero-order valence-corrected chi connectivity index (χ0v) is 15.5. The summed E-state index contributed by atoms with van der Waals surface area (Å²) in [6.45, 7) is 3.70. The molecule has 0 aliphatic rings. The van der Waals surface area contributed by atoms with Gasteiger partial charge in [-0.15, -0.1) is 0 Å². The predicted octanol–water partition coefficient (Wildman–Crippen LogP) is 1.98. The summed E-state index contributed by atoms with van der Waals surface area (Å²) in [6, 6.07) is 6.30. The molecule has 1 aromatic carbocycles. The number of para-hydroxylation sites is 1. The van der Waals surface area contributed by atoms with E-state index in [-0.39, 0.29) is 19.1 Å². The number of benzene rings is 1. The Balaban J connectivity index is 2.71. The van der Waals surface area contributed by atoms with Crippen LogP contribution < -0.4 is 20.1 Å². The van der Waals surface area contributed by atoms with Gasteiger partial charge in [-0.2, -0.15) is 5.26 Å². The van der Waals surface area contributed by atoms with E-state index in [1.807, 2.05) is 19.9 Å². The van der Waals surface area contributed by atoms with E-state index in [4.69, 9.17) is 19.5 Å². The molecule has 142 valence electrons. The second kappa shape index (κ2) is 10.8. The van der Waals surface area contributed by atoms with Gasteiger partial charge in [-0.3, -0.25) is 4.79 Å². The summed E-state index contributed by atoms with van der Waals surface area (Å²) in [5.74, 6) is 0.763. The Morgan fingerprint density at radius 2 is 1.96 bits per heavy atom. The number of nitrogens with zero attached hydrogens (tertiary/aromatic N) is 1. The molecule has 0 aromatic heterocycles. The number of carbonyl (C=O) groups excluding carboxylic acids is 2. The van der Waals surface area contributed by atoms with Crippen LogP contribution in [0.25, 0.3) is 0 Å². The van der Waals surface area contributed by atoms with E-state index in [0.29, 0.717) is 23.5 Å². The third-order valence-corrected chi connectivity index (χ3v) is 3.50. The molecule has 0 aliphatic heterocycles. The van der Waals surface area contributed by atoms with Crippen molar-refractivity contribution in [1.82, 2.24) is 10.6 Å². The second-order valence-corrected chi connectivity index (χ2v) is 5.93. The summed E-state index contributed by atoms with van der Waals surface area (Å²) < 4.78 is 15.7. The van der Waals surface area contributed by atoms with Crippen molar-refractivity contribution in [2.24, 2.45) is 5.92 Å². The number of nitriles is 1. The minimum atomic E-state index is -0.775. The summed E-state index contributed by atoms with van der Waals surface area (Å²) in [7, 11) is 3.02. The second-order valence-electron chi connectivity index (χ2n) is 5.93. The number of amides is 2. The Kier molecular flexibility index (Phi) is 8.78. The molecular weight excluding hydrogens is 338 g/mol. The van der Waals surface area contributed by atoms with Crippen LogP contribution in [-0.2, 0) is 16.1 Å². The maximum absolute atomic E-state index is 12.1. The summed E-state index contributed by atoms with van der Waals surface area (Å²) in [5.41, 5.74) is 0.636. The summed E-state index contributed by atoms with van der Waals surface area (Å²) >= 11 is 0. The normalized spacial score (nSPS) is 11.2. The number of ether oxygens (including phenoxy) is 3. The Labute approximate surface area is 153 Å². The van der Waals surface area contributed by atoms with Gasteiger partial charge in [-0.25, -0.2) is 4.79 Å². The molecule has 26 heavy (non-hydrogen) atoms. The van der Waals surface area contributed by atoms with Gasteiger partial charge >= 0.3 is 6.09 Å². The molecule has 0 aliphatic carbocycles. The Morgan fingerprint density at radius 1 is 1.23 bits per heavy atom. The Bertz CT molecular complexity index is 655. The molecule has 1 aromatic rings. The molecule has 0 heterocycles. The fourth-order valence-electron chi connectivity index (χ4n) is 2.35. The van der Waals surface area contributed by atoms with Gasteiger partial charge in [0.15, 0.2) is 11.5 Å². The van der Waals surface area contributed by atoms with E-state index in [1.165, 1.54) is 14.2 Å². The fourth-order valence-corrected chi connectivity index (χ4v) is 2.35. The number of methoxy groups -OCH3 is 2. The molecule has 8 nitrogen and oxygen atoms in total. The zero-order valence-electron chi connectivity index (χ0n) is 15.5. The standard InChI is InChI=1S/C18H25N3O5/c1-12(2)10-14(17(22)20-9-8-19)21-18(23)26-11-13-6-5-7-15(24-3)16(13)25-4/h5-7,12,14H,9-11H2,1-4H3,(H,20,22)(H,21,23)/t14-/m0/s1. The molecule has 2 N–H and O–H groups in total. The van der Waals surface area contributed by atoms with Crippen LogP contribution in [0.2, 0.25) is 0 Å². The monoisotopic (exact) mass is 363 g/mol. The van der Waals surface area contributed by atoms with Crippen LogP contribution in [0.4, 0.5) is 4.79 Å². The van der Waals surface area contributed by atoms with Crippen LogP contribution in [0, 0.1) is 17.2 Å². The van der Waals surface area contributed by atoms with E-state index in [0.717, 1.165) is 0 Å². The number of hydrogen-bond acceptors (Lipinski definition) is 6. The van der Waals surface area contributed by atoms with Gasteiger partial charge in [0.25, 0.3) is 0 Å². The highest BCUT2D eigenvalue weighted by Gasteiger charge is 2.22. The first-order chi connectivity index (χ1) is 12.4. The maximum atomic E-state index is 12.1. The highest BCUT2D eigenvalue weighted by molar-refractivity contribution is 5.85. The first-order valence-corrected chi connectivity index (χ1v) is 8.20. The quantitative estimate of drug-likeness (QED) is 0.649. The van der Waals surface area contributed by atoms with Gasteiger partial charge in [0.2, 0.25) is 5.91 Å². The molecule has 1 rings (SSSR count). The van der Waals surface area contributed by atoms with E-state index in [2.05, 4.69) is 10.6 Å². The van der Waals surface area contributed by atoms with E-state index < -0.39 is 18.0 Å². The lowest BCUT2D eigenvalue weighted by atomic mass is 10.0. The first kappa shape index (κ1) is 21.1. The van der Waals surface area contributed by atoms with Crippen LogP contribution in [0.15, 0.2) is 18.2 Å². The molecule has 0 spiro atoms. The van der Waals surface area contributed by atoms with Crippen molar-refractivity contribution in [3.05, 3.63) is 23.8 Å². The SMILES string of the molecule is COc1cccc(COC(=O)N[C@@H](CC(C)C)C(=O)NCC#N)c1OC. The number of carbonyl (C=O) groups is 2. The molecule has 0 unspecified atom stereocenters. The average molecular weight is 363 g/mol. The van der Waals surface area contributed by atoms with E-state index in [9.17, 15) is 9.59 Å². The smallest absolute Gasteiger partial charge is 0.408 e. The van der Waals surface area contributed by atoms with Crippen LogP contribution in [0.5, 0.6) is 11.5 Å². The lowest BCUT2D eigenvalue weighted by Crippen LogP contribution is -2.47. The molecule has 0 radical (unpaired) electrons. The highest BCUT2D eigenvalue weighted by atomic mass is 16.6. The molecule has 1 atom stereocenters. The average Bonchev–Trinajstić information content (AvgIpc) is 2.62. The van der Waals surface area contributed by atoms with Crippen molar-refractivity contribution < 1.29 is 23.8 Å². The number of alkyl carbamates (subject to hydrolysis) is 1. The summed E-state index contributed by atoms with van der Waals surface area (Å²) in [6.07, 6.45) is -0.304. The van der Waals surface area contributed by atoms with Crippen molar-refractivity contribution >= 4 is 12.0 Å². The minimum Gasteiger partial charge on any atom is -0.493 e. The van der Waals surface area contributed by atoms with Crippen molar-refractivity contribution in [2.75, 3.05) is 20.8 Å². The molecule has 0 saturated carbocycles. The van der Waals surface area contributed by atoms with Gasteiger partial charge in [0.05, 0.1) is 20.3 Å². The van der Waals surface area contributed by atoms with Gasteiger partial charge in [-0.1, -0.05) is 26.0 Å². The van der Waals surface area contributed by atoms with E-state index in [1.54, 1.807) is 18.2 Å². The summed E-state index contributed by atoms with van der Waals surface area (Å²) in [4.78, 5) is 24.2. The maximum Gasteiger partial charge on any atom is 0.408 e. The van der Waals surface area contributed by atoms with Gasteiger partial charge in [0.1, 0.15) is 19.2 Å². The highest BCUT2D eigenvalue weighted by Crippen LogP contribution is 2.31.